The highest BCUT2D eigenvalue weighted by Gasteiger charge is 2.34. The third kappa shape index (κ3) is 4.60. The molecular weight excluding hydrogens is 407 g/mol. The normalized spacial score (nSPS) is 11.2. The molecule has 0 aliphatic rings. The molecule has 2 aromatic carbocycles. The van der Waals surface area contributed by atoms with E-state index in [1.165, 1.54) is 13.1 Å². The van der Waals surface area contributed by atoms with Crippen molar-refractivity contribution in [1.29, 1.82) is 0 Å². The molecule has 0 unspecified atom stereocenters. The maximum absolute atomic E-state index is 13.0. The van der Waals surface area contributed by atoms with Crippen LogP contribution in [0.4, 0.5) is 29.5 Å². The molecule has 0 saturated carbocycles. The van der Waals surface area contributed by atoms with Crippen LogP contribution in [-0.2, 0) is 6.18 Å². The number of alkyl halides is 3. The predicted octanol–water partition coefficient (Wildman–Crippen LogP) is 5.64. The molecule has 150 valence electrons. The van der Waals surface area contributed by atoms with E-state index < -0.39 is 22.9 Å². The number of amides is 1. The highest BCUT2D eigenvalue weighted by atomic mass is 35.5. The molecule has 5 nitrogen and oxygen atoms in total. The van der Waals surface area contributed by atoms with Gasteiger partial charge in [-0.1, -0.05) is 23.7 Å². The number of hydrogen-bond donors (Lipinski definition) is 1. The minimum Gasteiger partial charge on any atom is -0.410 e. The van der Waals surface area contributed by atoms with Gasteiger partial charge in [-0.2, -0.15) is 13.2 Å². The van der Waals surface area contributed by atoms with Crippen LogP contribution in [-0.4, -0.2) is 18.1 Å². The van der Waals surface area contributed by atoms with Gasteiger partial charge in [0.15, 0.2) is 0 Å². The van der Waals surface area contributed by atoms with Crippen molar-refractivity contribution in [3.8, 4) is 16.9 Å². The van der Waals surface area contributed by atoms with Gasteiger partial charge < -0.3 is 10.5 Å². The number of carbonyl (C=O) groups excluding carboxylic acids is 1. The van der Waals surface area contributed by atoms with Crippen LogP contribution in [0.5, 0.6) is 5.75 Å². The minimum absolute atomic E-state index is 0.0145. The van der Waals surface area contributed by atoms with Gasteiger partial charge >= 0.3 is 12.3 Å². The van der Waals surface area contributed by atoms with Crippen molar-refractivity contribution in [3.63, 3.8) is 0 Å². The zero-order valence-corrected chi connectivity index (χ0v) is 15.8. The fraction of sp³-hybridized carbons (Fsp3) is 0.100. The molecule has 0 spiro atoms. The molecule has 3 aromatic rings. The molecule has 1 aromatic heterocycles. The average molecular weight is 422 g/mol. The summed E-state index contributed by atoms with van der Waals surface area (Å²) in [6, 6.07) is 13.2. The lowest BCUT2D eigenvalue weighted by atomic mass is 10.1. The Morgan fingerprint density at radius 1 is 1.14 bits per heavy atom. The molecule has 0 radical (unpaired) electrons. The van der Waals surface area contributed by atoms with Gasteiger partial charge in [0.1, 0.15) is 11.6 Å². The molecule has 1 amide bonds. The van der Waals surface area contributed by atoms with Crippen molar-refractivity contribution in [2.75, 3.05) is 17.7 Å². The Balaban J connectivity index is 1.82. The van der Waals surface area contributed by atoms with Crippen molar-refractivity contribution in [2.24, 2.45) is 0 Å². The Morgan fingerprint density at radius 3 is 2.59 bits per heavy atom. The molecule has 1 heterocycles. The van der Waals surface area contributed by atoms with Gasteiger partial charge in [0.05, 0.1) is 10.6 Å². The average Bonchev–Trinajstić information content (AvgIpc) is 2.67. The van der Waals surface area contributed by atoms with Crippen LogP contribution in [0.25, 0.3) is 11.1 Å². The second-order valence-electron chi connectivity index (χ2n) is 6.05. The summed E-state index contributed by atoms with van der Waals surface area (Å²) in [5, 5.41) is -0.454. The van der Waals surface area contributed by atoms with Crippen molar-refractivity contribution < 1.29 is 22.7 Å². The number of anilines is 2. The van der Waals surface area contributed by atoms with Crippen molar-refractivity contribution >= 4 is 29.2 Å². The number of carbonyl (C=O) groups is 1. The van der Waals surface area contributed by atoms with Crippen LogP contribution in [0.15, 0.2) is 60.8 Å². The predicted molar refractivity (Wildman–Crippen MR) is 105 cm³/mol. The summed E-state index contributed by atoms with van der Waals surface area (Å²) in [5.41, 5.74) is 6.14. The maximum atomic E-state index is 13.0. The lowest BCUT2D eigenvalue weighted by Gasteiger charge is -2.19. The van der Waals surface area contributed by atoms with Crippen LogP contribution in [0, 0.1) is 0 Å². The van der Waals surface area contributed by atoms with E-state index in [-0.39, 0.29) is 11.4 Å². The van der Waals surface area contributed by atoms with Gasteiger partial charge in [-0.3, -0.25) is 4.90 Å². The molecule has 0 aliphatic carbocycles. The number of nitrogens with two attached hydrogens (primary N) is 1. The molecule has 9 heteroatoms. The van der Waals surface area contributed by atoms with Crippen LogP contribution in [0.1, 0.15) is 5.56 Å². The molecule has 3 rings (SSSR count). The highest BCUT2D eigenvalue weighted by molar-refractivity contribution is 6.31. The zero-order chi connectivity index (χ0) is 21.2. The first kappa shape index (κ1) is 20.5. The number of halogens is 4. The van der Waals surface area contributed by atoms with Gasteiger partial charge in [-0.15, -0.1) is 0 Å². The number of aromatic nitrogens is 1. The summed E-state index contributed by atoms with van der Waals surface area (Å²) in [7, 11) is 1.30. The quantitative estimate of drug-likeness (QED) is 0.594. The summed E-state index contributed by atoms with van der Waals surface area (Å²) in [4.78, 5) is 17.4. The monoisotopic (exact) mass is 421 g/mol. The fourth-order valence-corrected chi connectivity index (χ4v) is 2.83. The minimum atomic E-state index is -4.64. The van der Waals surface area contributed by atoms with Gasteiger partial charge in [0, 0.05) is 24.5 Å². The fourth-order valence-electron chi connectivity index (χ4n) is 2.60. The molecule has 0 atom stereocenters. The van der Waals surface area contributed by atoms with E-state index in [4.69, 9.17) is 22.1 Å². The Labute approximate surface area is 169 Å². The largest absolute Gasteiger partial charge is 0.419 e. The van der Waals surface area contributed by atoms with Crippen LogP contribution in [0.3, 0.4) is 0 Å². The molecule has 0 bridgehead atoms. The van der Waals surface area contributed by atoms with E-state index in [9.17, 15) is 18.0 Å². The number of pyridine rings is 1. The molecule has 0 saturated heterocycles. The summed E-state index contributed by atoms with van der Waals surface area (Å²) in [5.74, 6) is 0.515. The molecule has 0 fully saturated rings. The first-order valence-corrected chi connectivity index (χ1v) is 8.68. The lowest BCUT2D eigenvalue weighted by Crippen LogP contribution is -2.29. The van der Waals surface area contributed by atoms with E-state index >= 15 is 0 Å². The number of benzene rings is 2. The second kappa shape index (κ2) is 8.00. The number of hydrogen-bond acceptors (Lipinski definition) is 4. The molecular formula is C20H15ClF3N3O2. The summed E-state index contributed by atoms with van der Waals surface area (Å²) < 4.78 is 44.4. The summed E-state index contributed by atoms with van der Waals surface area (Å²) in [6.07, 6.45) is -3.95. The molecule has 0 aliphatic heterocycles. The third-order valence-electron chi connectivity index (χ3n) is 4.11. The van der Waals surface area contributed by atoms with Crippen molar-refractivity contribution in [1.82, 2.24) is 4.98 Å². The number of nitrogens with zero attached hydrogens (tertiary/aromatic N) is 2. The van der Waals surface area contributed by atoms with Gasteiger partial charge in [-0.05, 0) is 48.0 Å². The smallest absolute Gasteiger partial charge is 0.410 e. The number of rotatable bonds is 3. The van der Waals surface area contributed by atoms with Gasteiger partial charge in [0.2, 0.25) is 0 Å². The lowest BCUT2D eigenvalue weighted by molar-refractivity contribution is -0.137. The molecule has 2 N–H and O–H groups in total. The van der Waals surface area contributed by atoms with E-state index in [0.29, 0.717) is 16.9 Å². The summed E-state index contributed by atoms with van der Waals surface area (Å²) in [6.45, 7) is 0. The number of nitrogen functional groups attached to an aromatic ring is 1. The van der Waals surface area contributed by atoms with E-state index in [0.717, 1.165) is 17.0 Å². The summed E-state index contributed by atoms with van der Waals surface area (Å²) >= 11 is 5.61. The topological polar surface area (TPSA) is 68.5 Å². The van der Waals surface area contributed by atoms with E-state index in [1.807, 2.05) is 0 Å². The van der Waals surface area contributed by atoms with Crippen molar-refractivity contribution in [3.05, 3.63) is 71.4 Å². The molecule has 29 heavy (non-hydrogen) atoms. The Bertz CT molecular complexity index is 1060. The third-order valence-corrected chi connectivity index (χ3v) is 4.43. The number of ether oxygens (including phenoxy) is 1. The van der Waals surface area contributed by atoms with Crippen LogP contribution >= 0.6 is 11.6 Å². The maximum Gasteiger partial charge on any atom is 0.419 e. The van der Waals surface area contributed by atoms with E-state index in [2.05, 4.69) is 4.98 Å². The first-order chi connectivity index (χ1) is 13.7. The zero-order valence-electron chi connectivity index (χ0n) is 15.1. The van der Waals surface area contributed by atoms with E-state index in [1.54, 1.807) is 42.6 Å². The van der Waals surface area contributed by atoms with Gasteiger partial charge in [-0.25, -0.2) is 9.78 Å². The van der Waals surface area contributed by atoms with Crippen LogP contribution in [0.2, 0.25) is 5.02 Å². The van der Waals surface area contributed by atoms with Crippen LogP contribution < -0.4 is 15.4 Å². The second-order valence-corrected chi connectivity index (χ2v) is 6.46. The highest BCUT2D eigenvalue weighted by Crippen LogP contribution is 2.37. The Hall–Kier alpha value is -3.26. The SMILES string of the molecule is CN(C(=O)Oc1cccc(-c2cccnc2N)c1)c1ccc(Cl)c(C(F)(F)F)c1. The Kier molecular flexibility index (Phi) is 5.65. The van der Waals surface area contributed by atoms with Crippen molar-refractivity contribution in [2.45, 2.75) is 6.18 Å². The van der Waals surface area contributed by atoms with Gasteiger partial charge in [0.25, 0.3) is 0 Å². The standard InChI is InChI=1S/C20H15ClF3N3O2/c1-27(13-7-8-17(21)16(11-13)20(22,23)24)19(28)29-14-5-2-4-12(10-14)15-6-3-9-26-18(15)25/h2-11H,1H3,(H2,25,26). The first-order valence-electron chi connectivity index (χ1n) is 8.30. The Morgan fingerprint density at radius 2 is 1.90 bits per heavy atom.